The molecule has 2 saturated heterocycles. The van der Waals surface area contributed by atoms with Crippen molar-refractivity contribution in [2.24, 2.45) is 17.6 Å². The summed E-state index contributed by atoms with van der Waals surface area (Å²) >= 11 is 0. The standard InChI is InChI=1S/C37H46N6O4/c1-22-33(39-43-20-26(16-32(47-2)34(22)43)37(46)40-14-4-6-28(38)21-40)31-15-25-5-3-7-30(35(25)42(31)17-23-8-9-23)27-18-41(19-27)36(45)24-10-12-29(44)13-11-24/h3,5,7,15-16,20,23-24,27-29,44H,4,6,8-14,17-19,21,38H2,1-2H3. The molecule has 4 aromatic rings. The van der Waals surface area contributed by atoms with Crippen LogP contribution in [0.15, 0.2) is 36.5 Å². The number of piperidine rings is 1. The smallest absolute Gasteiger partial charge is 0.255 e. The van der Waals surface area contributed by atoms with Gasteiger partial charge in [0.15, 0.2) is 0 Å². The SMILES string of the molecule is COc1cc(C(=O)N2CCCC(N)C2)cn2nc(-c3cc4cccc(C5CN(C(=O)C6CCC(O)CC6)C5)c4n3CC3CC3)c(C)c12. The van der Waals surface area contributed by atoms with E-state index in [0.29, 0.717) is 30.3 Å². The number of rotatable bonds is 7. The highest BCUT2D eigenvalue weighted by atomic mass is 16.5. The number of carbonyl (C=O) groups excluding carboxylic acids is 2. The molecule has 10 heteroatoms. The van der Waals surface area contributed by atoms with E-state index in [2.05, 4.69) is 35.8 Å². The van der Waals surface area contributed by atoms with E-state index in [1.54, 1.807) is 7.11 Å². The highest BCUT2D eigenvalue weighted by Gasteiger charge is 2.38. The highest BCUT2D eigenvalue weighted by molar-refractivity contribution is 5.96. The van der Waals surface area contributed by atoms with Gasteiger partial charge in [-0.1, -0.05) is 18.2 Å². The number of aryl methyl sites for hydroxylation is 1. The average Bonchev–Trinajstić information content (AvgIpc) is 3.72. The molecule has 2 saturated carbocycles. The van der Waals surface area contributed by atoms with Crippen molar-refractivity contribution in [3.8, 4) is 17.1 Å². The Morgan fingerprint density at radius 2 is 1.79 bits per heavy atom. The van der Waals surface area contributed by atoms with Crippen LogP contribution in [0.5, 0.6) is 5.75 Å². The first-order chi connectivity index (χ1) is 22.8. The maximum Gasteiger partial charge on any atom is 0.255 e. The number of nitrogens with two attached hydrogens (primary N) is 1. The van der Waals surface area contributed by atoms with Gasteiger partial charge in [0, 0.05) is 67.7 Å². The average molecular weight is 639 g/mol. The van der Waals surface area contributed by atoms with Gasteiger partial charge < -0.3 is 29.9 Å². The zero-order chi connectivity index (χ0) is 32.4. The molecule has 0 spiro atoms. The molecular formula is C37H46N6O4. The van der Waals surface area contributed by atoms with Crippen LogP contribution in [0, 0.1) is 18.8 Å². The molecule has 248 valence electrons. The van der Waals surface area contributed by atoms with Gasteiger partial charge in [0.05, 0.1) is 30.0 Å². The van der Waals surface area contributed by atoms with E-state index in [-0.39, 0.29) is 35.8 Å². The molecule has 2 amide bonds. The number of amides is 2. The van der Waals surface area contributed by atoms with Crippen molar-refractivity contribution in [3.63, 3.8) is 0 Å². The van der Waals surface area contributed by atoms with E-state index in [4.69, 9.17) is 15.6 Å². The van der Waals surface area contributed by atoms with Crippen molar-refractivity contribution in [3.05, 3.63) is 53.2 Å². The molecule has 4 aliphatic rings. The van der Waals surface area contributed by atoms with Crippen LogP contribution in [-0.4, -0.2) is 86.3 Å². The van der Waals surface area contributed by atoms with Crippen molar-refractivity contribution in [2.75, 3.05) is 33.3 Å². The fourth-order valence-electron chi connectivity index (χ4n) is 8.24. The van der Waals surface area contributed by atoms with Crippen molar-refractivity contribution < 1.29 is 19.4 Å². The Morgan fingerprint density at radius 3 is 2.51 bits per heavy atom. The number of hydrogen-bond donors (Lipinski definition) is 2. The number of methoxy groups -OCH3 is 1. The first kappa shape index (κ1) is 30.4. The number of likely N-dealkylation sites (tertiary alicyclic amines) is 2. The quantitative estimate of drug-likeness (QED) is 0.303. The maximum atomic E-state index is 13.6. The van der Waals surface area contributed by atoms with Crippen LogP contribution < -0.4 is 10.5 Å². The van der Waals surface area contributed by atoms with Gasteiger partial charge in [0.2, 0.25) is 5.91 Å². The van der Waals surface area contributed by atoms with Crippen LogP contribution in [-0.2, 0) is 11.3 Å². The molecule has 8 rings (SSSR count). The number of aliphatic hydroxyl groups is 1. The van der Waals surface area contributed by atoms with Crippen molar-refractivity contribution in [2.45, 2.75) is 82.9 Å². The number of carbonyl (C=O) groups is 2. The van der Waals surface area contributed by atoms with E-state index in [1.807, 2.05) is 26.6 Å². The lowest BCUT2D eigenvalue weighted by molar-refractivity contribution is -0.141. The van der Waals surface area contributed by atoms with Crippen LogP contribution in [0.25, 0.3) is 27.8 Å². The molecule has 3 N–H and O–H groups in total. The number of aromatic nitrogens is 3. The van der Waals surface area contributed by atoms with Gasteiger partial charge in [-0.05, 0) is 81.9 Å². The number of hydrogen-bond acceptors (Lipinski definition) is 6. The molecule has 1 atom stereocenters. The number of nitrogens with zero attached hydrogens (tertiary/aromatic N) is 5. The molecule has 2 aliphatic heterocycles. The Morgan fingerprint density at radius 1 is 1.00 bits per heavy atom. The third-order valence-electron chi connectivity index (χ3n) is 11.2. The Balaban J connectivity index is 1.14. The summed E-state index contributed by atoms with van der Waals surface area (Å²) in [7, 11) is 1.65. The van der Waals surface area contributed by atoms with Gasteiger partial charge >= 0.3 is 0 Å². The third kappa shape index (κ3) is 5.49. The fourth-order valence-corrected chi connectivity index (χ4v) is 8.24. The molecule has 0 bridgehead atoms. The molecule has 0 radical (unpaired) electrons. The second kappa shape index (κ2) is 12.0. The molecule has 47 heavy (non-hydrogen) atoms. The molecule has 3 aromatic heterocycles. The van der Waals surface area contributed by atoms with Crippen LogP contribution in [0.3, 0.4) is 0 Å². The Bertz CT molecular complexity index is 1840. The van der Waals surface area contributed by atoms with E-state index in [0.717, 1.165) is 80.6 Å². The molecule has 1 unspecified atom stereocenters. The Kier molecular flexibility index (Phi) is 7.75. The zero-order valence-electron chi connectivity index (χ0n) is 27.5. The minimum Gasteiger partial charge on any atom is -0.494 e. The maximum absolute atomic E-state index is 13.6. The molecule has 10 nitrogen and oxygen atoms in total. The van der Waals surface area contributed by atoms with E-state index in [9.17, 15) is 14.7 Å². The summed E-state index contributed by atoms with van der Waals surface area (Å²) in [5, 5.41) is 16.2. The molecule has 4 fully saturated rings. The van der Waals surface area contributed by atoms with Crippen molar-refractivity contribution in [1.82, 2.24) is 24.0 Å². The largest absolute Gasteiger partial charge is 0.494 e. The molecule has 1 aromatic carbocycles. The minimum absolute atomic E-state index is 0.00513. The number of benzene rings is 1. The third-order valence-corrected chi connectivity index (χ3v) is 11.2. The van der Waals surface area contributed by atoms with Gasteiger partial charge in [0.1, 0.15) is 17.0 Å². The normalized spacial score (nSPS) is 23.8. The number of fused-ring (bicyclic) bond motifs is 2. The topological polar surface area (TPSA) is 118 Å². The van der Waals surface area contributed by atoms with Gasteiger partial charge in [-0.2, -0.15) is 5.10 Å². The lowest BCUT2D eigenvalue weighted by atomic mass is 9.83. The number of para-hydroxylation sites is 1. The zero-order valence-corrected chi connectivity index (χ0v) is 27.5. The molecule has 5 heterocycles. The predicted octanol–water partition coefficient (Wildman–Crippen LogP) is 4.72. The Hall–Kier alpha value is -3.89. The van der Waals surface area contributed by atoms with Gasteiger partial charge in [-0.25, -0.2) is 4.52 Å². The number of aliphatic hydroxyl groups excluding tert-OH is 1. The van der Waals surface area contributed by atoms with Gasteiger partial charge in [-0.15, -0.1) is 0 Å². The lowest BCUT2D eigenvalue weighted by Crippen LogP contribution is -2.51. The number of pyridine rings is 1. The molecule has 2 aliphatic carbocycles. The van der Waals surface area contributed by atoms with Crippen molar-refractivity contribution >= 4 is 28.2 Å². The summed E-state index contributed by atoms with van der Waals surface area (Å²) in [4.78, 5) is 30.7. The summed E-state index contributed by atoms with van der Waals surface area (Å²) in [6, 6.07) is 10.7. The van der Waals surface area contributed by atoms with E-state index < -0.39 is 0 Å². The summed E-state index contributed by atoms with van der Waals surface area (Å²) in [5.74, 6) is 1.82. The monoisotopic (exact) mass is 638 g/mol. The van der Waals surface area contributed by atoms with Crippen LogP contribution in [0.1, 0.15) is 78.8 Å². The lowest BCUT2D eigenvalue weighted by Gasteiger charge is -2.42. The first-order valence-corrected chi connectivity index (χ1v) is 17.5. The van der Waals surface area contributed by atoms with Crippen molar-refractivity contribution in [1.29, 1.82) is 0 Å². The fraction of sp³-hybridized carbons (Fsp3) is 0.541. The van der Waals surface area contributed by atoms with Gasteiger partial charge in [-0.3, -0.25) is 9.59 Å². The highest BCUT2D eigenvalue weighted by Crippen LogP contribution is 2.42. The molecular weight excluding hydrogens is 592 g/mol. The second-order valence-electron chi connectivity index (χ2n) is 14.5. The first-order valence-electron chi connectivity index (χ1n) is 17.5. The minimum atomic E-state index is -0.254. The summed E-state index contributed by atoms with van der Waals surface area (Å²) in [6.07, 6.45) is 8.91. The predicted molar refractivity (Wildman–Crippen MR) is 181 cm³/mol. The Labute approximate surface area is 275 Å². The summed E-state index contributed by atoms with van der Waals surface area (Å²) < 4.78 is 10.2. The number of ether oxygens (including phenoxy) is 1. The van der Waals surface area contributed by atoms with E-state index >= 15 is 0 Å². The summed E-state index contributed by atoms with van der Waals surface area (Å²) in [6.45, 7) is 5.76. The van der Waals surface area contributed by atoms with Crippen LogP contribution in [0.2, 0.25) is 0 Å². The second-order valence-corrected chi connectivity index (χ2v) is 14.5. The van der Waals surface area contributed by atoms with Crippen LogP contribution >= 0.6 is 0 Å². The van der Waals surface area contributed by atoms with Crippen LogP contribution in [0.4, 0.5) is 0 Å². The van der Waals surface area contributed by atoms with E-state index in [1.165, 1.54) is 29.3 Å². The van der Waals surface area contributed by atoms with Gasteiger partial charge in [0.25, 0.3) is 5.91 Å². The summed E-state index contributed by atoms with van der Waals surface area (Å²) in [5.41, 5.74) is 13.1.